The SMILES string of the molecule is N#Cc1cc(Br)c(O)c(C=NNC(=O)c2ccccc2)c1. The van der Waals surface area contributed by atoms with Gasteiger partial charge >= 0.3 is 0 Å². The molecule has 0 aliphatic heterocycles. The lowest BCUT2D eigenvalue weighted by molar-refractivity contribution is 0.0955. The molecule has 0 spiro atoms. The van der Waals surface area contributed by atoms with Gasteiger partial charge in [0, 0.05) is 11.1 Å². The third-order valence-electron chi connectivity index (χ3n) is 2.63. The number of phenolic OH excluding ortho intramolecular Hbond substituents is 1. The highest BCUT2D eigenvalue weighted by Gasteiger charge is 2.07. The predicted molar refractivity (Wildman–Crippen MR) is 82.0 cm³/mol. The fourth-order valence-corrected chi connectivity index (χ4v) is 2.07. The summed E-state index contributed by atoms with van der Waals surface area (Å²) in [4.78, 5) is 11.8. The molecule has 0 heterocycles. The van der Waals surface area contributed by atoms with Gasteiger partial charge in [-0.3, -0.25) is 4.79 Å². The Labute approximate surface area is 129 Å². The zero-order valence-corrected chi connectivity index (χ0v) is 12.3. The molecule has 6 heteroatoms. The topological polar surface area (TPSA) is 85.5 Å². The molecule has 104 valence electrons. The molecule has 2 aromatic rings. The molecule has 0 saturated heterocycles. The van der Waals surface area contributed by atoms with Gasteiger partial charge in [0.1, 0.15) is 5.75 Å². The molecule has 1 amide bonds. The van der Waals surface area contributed by atoms with E-state index in [1.54, 1.807) is 24.3 Å². The Hall–Kier alpha value is -2.65. The molecule has 0 unspecified atom stereocenters. The molecular formula is C15H10BrN3O2. The van der Waals surface area contributed by atoms with Crippen molar-refractivity contribution in [1.29, 1.82) is 5.26 Å². The third-order valence-corrected chi connectivity index (χ3v) is 3.23. The van der Waals surface area contributed by atoms with Crippen LogP contribution in [0.2, 0.25) is 0 Å². The van der Waals surface area contributed by atoms with Crippen molar-refractivity contribution in [3.8, 4) is 11.8 Å². The van der Waals surface area contributed by atoms with Gasteiger partial charge in [0.2, 0.25) is 0 Å². The lowest BCUT2D eigenvalue weighted by atomic mass is 10.1. The summed E-state index contributed by atoms with van der Waals surface area (Å²) < 4.78 is 0.386. The molecule has 0 aliphatic rings. The maximum absolute atomic E-state index is 11.8. The van der Waals surface area contributed by atoms with Crippen molar-refractivity contribution in [3.05, 3.63) is 63.6 Å². The van der Waals surface area contributed by atoms with Crippen molar-refractivity contribution in [1.82, 2.24) is 5.43 Å². The van der Waals surface area contributed by atoms with Crippen LogP contribution in [0.1, 0.15) is 21.5 Å². The van der Waals surface area contributed by atoms with E-state index >= 15 is 0 Å². The minimum Gasteiger partial charge on any atom is -0.506 e. The first-order valence-corrected chi connectivity index (χ1v) is 6.72. The highest BCUT2D eigenvalue weighted by Crippen LogP contribution is 2.28. The molecule has 0 atom stereocenters. The van der Waals surface area contributed by atoms with Crippen molar-refractivity contribution < 1.29 is 9.90 Å². The number of rotatable bonds is 3. The number of nitrogens with zero attached hydrogens (tertiary/aromatic N) is 2. The molecule has 0 saturated carbocycles. The summed E-state index contributed by atoms with van der Waals surface area (Å²) in [6, 6.07) is 13.6. The van der Waals surface area contributed by atoms with E-state index in [-0.39, 0.29) is 11.7 Å². The van der Waals surface area contributed by atoms with E-state index in [0.717, 1.165) is 0 Å². The number of halogens is 1. The van der Waals surface area contributed by atoms with Crippen molar-refractivity contribution in [3.63, 3.8) is 0 Å². The van der Waals surface area contributed by atoms with Crippen LogP contribution < -0.4 is 5.43 Å². The average Bonchev–Trinajstić information content (AvgIpc) is 2.51. The van der Waals surface area contributed by atoms with Gasteiger partial charge in [0.25, 0.3) is 5.91 Å². The van der Waals surface area contributed by atoms with E-state index in [9.17, 15) is 9.90 Å². The number of hydrogen-bond acceptors (Lipinski definition) is 4. The maximum Gasteiger partial charge on any atom is 0.271 e. The highest BCUT2D eigenvalue weighted by molar-refractivity contribution is 9.10. The number of carbonyl (C=O) groups is 1. The summed E-state index contributed by atoms with van der Waals surface area (Å²) in [7, 11) is 0. The maximum atomic E-state index is 11.8. The number of amides is 1. The van der Waals surface area contributed by atoms with Crippen molar-refractivity contribution in [2.45, 2.75) is 0 Å². The van der Waals surface area contributed by atoms with Gasteiger partial charge in [0.15, 0.2) is 0 Å². The van der Waals surface area contributed by atoms with Gasteiger partial charge < -0.3 is 5.11 Å². The molecule has 2 N–H and O–H groups in total. The number of nitrogens with one attached hydrogen (secondary N) is 1. The minimum absolute atomic E-state index is 0.0493. The molecule has 0 aliphatic carbocycles. The van der Waals surface area contributed by atoms with E-state index in [1.807, 2.05) is 12.1 Å². The smallest absolute Gasteiger partial charge is 0.271 e. The lowest BCUT2D eigenvalue weighted by Gasteiger charge is -2.03. The van der Waals surface area contributed by atoms with Crippen LogP contribution in [-0.2, 0) is 0 Å². The first kappa shape index (κ1) is 14.8. The fourth-order valence-electron chi connectivity index (χ4n) is 1.60. The van der Waals surface area contributed by atoms with Gasteiger partial charge in [-0.2, -0.15) is 10.4 Å². The molecule has 2 aromatic carbocycles. The Morgan fingerprint density at radius 1 is 1.33 bits per heavy atom. The van der Waals surface area contributed by atoms with Crippen LogP contribution in [0.5, 0.6) is 5.75 Å². The van der Waals surface area contributed by atoms with Crippen LogP contribution in [0.3, 0.4) is 0 Å². The van der Waals surface area contributed by atoms with E-state index in [2.05, 4.69) is 26.5 Å². The molecule has 5 nitrogen and oxygen atoms in total. The molecule has 0 fully saturated rings. The molecule has 0 aromatic heterocycles. The molecule has 0 radical (unpaired) electrons. The lowest BCUT2D eigenvalue weighted by Crippen LogP contribution is -2.17. The van der Waals surface area contributed by atoms with Crippen LogP contribution in [0, 0.1) is 11.3 Å². The Balaban J connectivity index is 2.14. The first-order valence-electron chi connectivity index (χ1n) is 5.93. The summed E-state index contributed by atoms with van der Waals surface area (Å²) >= 11 is 3.15. The van der Waals surface area contributed by atoms with E-state index in [0.29, 0.717) is 21.2 Å². The Bertz CT molecular complexity index is 737. The molecule has 0 bridgehead atoms. The second-order valence-electron chi connectivity index (χ2n) is 4.07. The van der Waals surface area contributed by atoms with E-state index in [4.69, 9.17) is 5.26 Å². The summed E-state index contributed by atoms with van der Waals surface area (Å²) in [5.41, 5.74) is 3.53. The number of nitriles is 1. The average molecular weight is 344 g/mol. The first-order chi connectivity index (χ1) is 10.1. The van der Waals surface area contributed by atoms with Gasteiger partial charge in [-0.1, -0.05) is 18.2 Å². The second kappa shape index (κ2) is 6.68. The van der Waals surface area contributed by atoms with E-state index < -0.39 is 0 Å². The van der Waals surface area contributed by atoms with Crippen molar-refractivity contribution in [2.75, 3.05) is 0 Å². The predicted octanol–water partition coefficient (Wildman–Crippen LogP) is 2.79. The highest BCUT2D eigenvalue weighted by atomic mass is 79.9. The van der Waals surface area contributed by atoms with Gasteiger partial charge in [-0.15, -0.1) is 0 Å². The van der Waals surface area contributed by atoms with Crippen molar-refractivity contribution >= 4 is 28.1 Å². The number of carbonyl (C=O) groups excluding carboxylic acids is 1. The third kappa shape index (κ3) is 3.68. The van der Waals surface area contributed by atoms with Gasteiger partial charge in [0.05, 0.1) is 22.3 Å². The quantitative estimate of drug-likeness (QED) is 0.663. The fraction of sp³-hybridized carbons (Fsp3) is 0. The normalized spacial score (nSPS) is 10.3. The summed E-state index contributed by atoms with van der Waals surface area (Å²) in [6.45, 7) is 0. The summed E-state index contributed by atoms with van der Waals surface area (Å²) in [5.74, 6) is -0.409. The van der Waals surface area contributed by atoms with Crippen LogP contribution in [-0.4, -0.2) is 17.2 Å². The van der Waals surface area contributed by atoms with Crippen LogP contribution in [0.4, 0.5) is 0 Å². The molecule has 2 rings (SSSR count). The number of phenols is 1. The van der Waals surface area contributed by atoms with Crippen LogP contribution >= 0.6 is 15.9 Å². The Morgan fingerprint density at radius 2 is 2.05 bits per heavy atom. The minimum atomic E-state index is -0.359. The zero-order chi connectivity index (χ0) is 15.2. The number of hydrogen-bond donors (Lipinski definition) is 2. The Morgan fingerprint density at radius 3 is 2.71 bits per heavy atom. The molecule has 21 heavy (non-hydrogen) atoms. The number of aromatic hydroxyl groups is 1. The van der Waals surface area contributed by atoms with E-state index in [1.165, 1.54) is 18.3 Å². The standard InChI is InChI=1S/C15H10BrN3O2/c16-13-7-10(8-17)6-12(14(13)20)9-18-19-15(21)11-4-2-1-3-5-11/h1-7,9,20H,(H,19,21). The largest absolute Gasteiger partial charge is 0.506 e. The Kier molecular flexibility index (Phi) is 4.69. The van der Waals surface area contributed by atoms with Gasteiger partial charge in [-0.05, 0) is 40.2 Å². The summed E-state index contributed by atoms with van der Waals surface area (Å²) in [6.07, 6.45) is 1.28. The van der Waals surface area contributed by atoms with Gasteiger partial charge in [-0.25, -0.2) is 5.43 Å². The second-order valence-corrected chi connectivity index (χ2v) is 4.93. The monoisotopic (exact) mass is 343 g/mol. The van der Waals surface area contributed by atoms with Crippen LogP contribution in [0.25, 0.3) is 0 Å². The molecular weight excluding hydrogens is 334 g/mol. The van der Waals surface area contributed by atoms with Crippen LogP contribution in [0.15, 0.2) is 52.0 Å². The summed E-state index contributed by atoms with van der Waals surface area (Å²) in [5, 5.41) is 22.5. The number of hydrazone groups is 1. The van der Waals surface area contributed by atoms with Crippen molar-refractivity contribution in [2.24, 2.45) is 5.10 Å². The zero-order valence-electron chi connectivity index (χ0n) is 10.7. The number of benzene rings is 2.